The van der Waals surface area contributed by atoms with Gasteiger partial charge in [0.25, 0.3) is 11.8 Å². The van der Waals surface area contributed by atoms with Gasteiger partial charge < -0.3 is 19.4 Å². The van der Waals surface area contributed by atoms with E-state index in [1.165, 1.54) is 0 Å². The predicted octanol–water partition coefficient (Wildman–Crippen LogP) is 2.54. The van der Waals surface area contributed by atoms with E-state index < -0.39 is 0 Å². The molecule has 3 fully saturated rings. The molecule has 33 heavy (non-hydrogen) atoms. The normalized spacial score (nSPS) is 22.1. The molecule has 1 atom stereocenters. The van der Waals surface area contributed by atoms with Crippen molar-refractivity contribution >= 4 is 28.5 Å². The fourth-order valence-corrected chi connectivity index (χ4v) is 5.29. The summed E-state index contributed by atoms with van der Waals surface area (Å²) in [5.41, 5.74) is 0.727. The molecule has 0 unspecified atom stereocenters. The van der Waals surface area contributed by atoms with Crippen molar-refractivity contribution in [2.24, 2.45) is 5.92 Å². The Kier molecular flexibility index (Phi) is 6.31. The first-order valence-corrected chi connectivity index (χ1v) is 12.1. The summed E-state index contributed by atoms with van der Waals surface area (Å²) in [6, 6.07) is 13.8. The summed E-state index contributed by atoms with van der Waals surface area (Å²) in [5, 5.41) is 2.03. The SMILES string of the molecule is O=C(c1cccc2ccccc12)N1CCC(C(=O)N2CCN(C(=O)[C@@H]3CCCO3)CC2)CC1. The number of ether oxygens (including phenoxy) is 1. The van der Waals surface area contributed by atoms with Gasteiger partial charge in [-0.2, -0.15) is 0 Å². The van der Waals surface area contributed by atoms with Gasteiger partial charge in [0.15, 0.2) is 0 Å². The molecular formula is C26H31N3O4. The molecule has 0 saturated carbocycles. The van der Waals surface area contributed by atoms with Gasteiger partial charge in [-0.05, 0) is 42.5 Å². The van der Waals surface area contributed by atoms with Crippen molar-refractivity contribution in [2.75, 3.05) is 45.9 Å². The van der Waals surface area contributed by atoms with E-state index in [2.05, 4.69) is 0 Å². The Labute approximate surface area is 194 Å². The van der Waals surface area contributed by atoms with Gasteiger partial charge in [-0.1, -0.05) is 36.4 Å². The quantitative estimate of drug-likeness (QED) is 0.722. The number of fused-ring (bicyclic) bond motifs is 1. The molecule has 3 aliphatic rings. The van der Waals surface area contributed by atoms with Gasteiger partial charge >= 0.3 is 0 Å². The van der Waals surface area contributed by atoms with Crippen LogP contribution in [0.2, 0.25) is 0 Å². The van der Waals surface area contributed by atoms with Crippen molar-refractivity contribution < 1.29 is 19.1 Å². The molecule has 7 heteroatoms. The molecule has 174 valence electrons. The highest BCUT2D eigenvalue weighted by Gasteiger charge is 2.35. The molecule has 0 aliphatic carbocycles. The Hall–Kier alpha value is -2.93. The highest BCUT2D eigenvalue weighted by molar-refractivity contribution is 6.07. The molecule has 3 heterocycles. The zero-order chi connectivity index (χ0) is 22.8. The van der Waals surface area contributed by atoms with Crippen molar-refractivity contribution in [3.63, 3.8) is 0 Å². The lowest BCUT2D eigenvalue weighted by molar-refractivity contribution is -0.147. The van der Waals surface area contributed by atoms with Crippen LogP contribution < -0.4 is 0 Å². The third kappa shape index (κ3) is 4.47. The van der Waals surface area contributed by atoms with Crippen LogP contribution in [0.1, 0.15) is 36.0 Å². The third-order valence-electron chi connectivity index (χ3n) is 7.26. The maximum atomic E-state index is 13.2. The molecule has 0 spiro atoms. The average Bonchev–Trinajstić information content (AvgIpc) is 3.42. The van der Waals surface area contributed by atoms with E-state index in [9.17, 15) is 14.4 Å². The number of carbonyl (C=O) groups excluding carboxylic acids is 3. The van der Waals surface area contributed by atoms with Crippen LogP contribution in [0.3, 0.4) is 0 Å². The highest BCUT2D eigenvalue weighted by Crippen LogP contribution is 2.25. The van der Waals surface area contributed by atoms with Crippen LogP contribution >= 0.6 is 0 Å². The number of rotatable bonds is 3. The number of benzene rings is 2. The van der Waals surface area contributed by atoms with Gasteiger partial charge in [-0.15, -0.1) is 0 Å². The number of hydrogen-bond donors (Lipinski definition) is 0. The van der Waals surface area contributed by atoms with E-state index in [0.717, 1.165) is 29.2 Å². The number of hydrogen-bond acceptors (Lipinski definition) is 4. The van der Waals surface area contributed by atoms with E-state index in [0.29, 0.717) is 58.7 Å². The molecule has 0 aromatic heterocycles. The number of likely N-dealkylation sites (tertiary alicyclic amines) is 1. The summed E-state index contributed by atoms with van der Waals surface area (Å²) < 4.78 is 5.52. The van der Waals surface area contributed by atoms with Crippen LogP contribution in [0.5, 0.6) is 0 Å². The second-order valence-corrected chi connectivity index (χ2v) is 9.25. The molecule has 0 N–H and O–H groups in total. The van der Waals surface area contributed by atoms with Crippen LogP contribution in [-0.2, 0) is 14.3 Å². The minimum atomic E-state index is -0.296. The number of carbonyl (C=O) groups is 3. The Morgan fingerprint density at radius 2 is 1.39 bits per heavy atom. The van der Waals surface area contributed by atoms with Crippen molar-refractivity contribution in [1.82, 2.24) is 14.7 Å². The van der Waals surface area contributed by atoms with Crippen molar-refractivity contribution in [2.45, 2.75) is 31.8 Å². The maximum absolute atomic E-state index is 13.2. The summed E-state index contributed by atoms with van der Waals surface area (Å²) in [7, 11) is 0. The smallest absolute Gasteiger partial charge is 0.254 e. The minimum Gasteiger partial charge on any atom is -0.368 e. The Bertz CT molecular complexity index is 1030. The first kappa shape index (κ1) is 21.9. The molecule has 3 saturated heterocycles. The van der Waals surface area contributed by atoms with Crippen molar-refractivity contribution in [3.05, 3.63) is 48.0 Å². The summed E-state index contributed by atoms with van der Waals surface area (Å²) in [6.07, 6.45) is 2.82. The minimum absolute atomic E-state index is 0.0407. The monoisotopic (exact) mass is 449 g/mol. The van der Waals surface area contributed by atoms with E-state index in [-0.39, 0.29) is 29.7 Å². The zero-order valence-corrected chi connectivity index (χ0v) is 18.9. The second kappa shape index (κ2) is 9.51. The van der Waals surface area contributed by atoms with Crippen LogP contribution in [-0.4, -0.2) is 84.4 Å². The van der Waals surface area contributed by atoms with Crippen LogP contribution in [0.25, 0.3) is 10.8 Å². The van der Waals surface area contributed by atoms with Gasteiger partial charge in [0.1, 0.15) is 6.10 Å². The predicted molar refractivity (Wildman–Crippen MR) is 125 cm³/mol. The fourth-order valence-electron chi connectivity index (χ4n) is 5.29. The lowest BCUT2D eigenvalue weighted by Gasteiger charge is -2.39. The van der Waals surface area contributed by atoms with Gasteiger partial charge in [0.2, 0.25) is 5.91 Å². The molecule has 2 aromatic carbocycles. The summed E-state index contributed by atoms with van der Waals surface area (Å²) in [6.45, 7) is 4.15. The maximum Gasteiger partial charge on any atom is 0.254 e. The number of nitrogens with zero attached hydrogens (tertiary/aromatic N) is 3. The van der Waals surface area contributed by atoms with E-state index in [1.54, 1.807) is 0 Å². The topological polar surface area (TPSA) is 70.2 Å². The molecular weight excluding hydrogens is 418 g/mol. The van der Waals surface area contributed by atoms with Gasteiger partial charge in [-0.3, -0.25) is 14.4 Å². The number of piperidine rings is 1. The van der Waals surface area contributed by atoms with E-state index >= 15 is 0 Å². The van der Waals surface area contributed by atoms with Crippen molar-refractivity contribution in [3.8, 4) is 0 Å². The summed E-state index contributed by atoms with van der Waals surface area (Å²) in [5.74, 6) is 0.220. The first-order valence-electron chi connectivity index (χ1n) is 12.1. The van der Waals surface area contributed by atoms with Crippen LogP contribution in [0, 0.1) is 5.92 Å². The molecule has 3 aliphatic heterocycles. The summed E-state index contributed by atoms with van der Waals surface area (Å²) >= 11 is 0. The molecule has 0 radical (unpaired) electrons. The van der Waals surface area contributed by atoms with E-state index in [1.807, 2.05) is 57.2 Å². The molecule has 2 aromatic rings. The number of piperazine rings is 1. The number of amides is 3. The Balaban J connectivity index is 1.14. The largest absolute Gasteiger partial charge is 0.368 e. The lowest BCUT2D eigenvalue weighted by Crippen LogP contribution is -2.54. The van der Waals surface area contributed by atoms with Crippen LogP contribution in [0.4, 0.5) is 0 Å². The first-order chi connectivity index (χ1) is 16.1. The fraction of sp³-hybridized carbons (Fsp3) is 0.500. The lowest BCUT2D eigenvalue weighted by atomic mass is 9.94. The van der Waals surface area contributed by atoms with E-state index in [4.69, 9.17) is 4.74 Å². The van der Waals surface area contributed by atoms with Gasteiger partial charge in [0.05, 0.1) is 0 Å². The molecule has 7 nitrogen and oxygen atoms in total. The highest BCUT2D eigenvalue weighted by atomic mass is 16.5. The van der Waals surface area contributed by atoms with Gasteiger partial charge in [-0.25, -0.2) is 0 Å². The third-order valence-corrected chi connectivity index (χ3v) is 7.26. The summed E-state index contributed by atoms with van der Waals surface area (Å²) in [4.78, 5) is 44.4. The standard InChI is InChI=1S/C26H31N3O4/c30-24(28-14-16-29(17-15-28)26(32)23-9-4-18-33-23)20-10-12-27(13-11-20)25(31)22-8-3-6-19-5-1-2-7-21(19)22/h1-3,5-8,20,23H,4,9-18H2/t23-/m0/s1. The molecule has 3 amide bonds. The molecule has 0 bridgehead atoms. The van der Waals surface area contributed by atoms with Crippen molar-refractivity contribution in [1.29, 1.82) is 0 Å². The van der Waals surface area contributed by atoms with Crippen LogP contribution in [0.15, 0.2) is 42.5 Å². The zero-order valence-electron chi connectivity index (χ0n) is 18.9. The Morgan fingerprint density at radius 3 is 2.09 bits per heavy atom. The van der Waals surface area contributed by atoms with Gasteiger partial charge in [0, 0.05) is 57.4 Å². The molecule has 5 rings (SSSR count). The average molecular weight is 450 g/mol. The Morgan fingerprint density at radius 1 is 0.727 bits per heavy atom. The second-order valence-electron chi connectivity index (χ2n) is 9.25.